The molecule has 1 heterocycles. The van der Waals surface area contributed by atoms with E-state index in [1.165, 1.54) is 0 Å². The highest BCUT2D eigenvalue weighted by atomic mass is 35.5. The van der Waals surface area contributed by atoms with Gasteiger partial charge in [0.1, 0.15) is 5.75 Å². The van der Waals surface area contributed by atoms with Crippen molar-refractivity contribution >= 4 is 23.2 Å². The highest BCUT2D eigenvalue weighted by Crippen LogP contribution is 2.24. The topological polar surface area (TPSA) is 42.0 Å². The lowest BCUT2D eigenvalue weighted by molar-refractivity contribution is 0.0746. The van der Waals surface area contributed by atoms with Crippen molar-refractivity contribution in [3.63, 3.8) is 0 Å². The van der Waals surface area contributed by atoms with E-state index in [2.05, 4.69) is 17.9 Å². The van der Waals surface area contributed by atoms with Crippen molar-refractivity contribution < 1.29 is 14.3 Å². The average Bonchev–Trinajstić information content (AvgIpc) is 2.77. The summed E-state index contributed by atoms with van der Waals surface area (Å²) in [5, 5.41) is 0.731. The van der Waals surface area contributed by atoms with Crippen LogP contribution >= 0.6 is 11.6 Å². The normalized spacial score (nSPS) is 14.1. The molecule has 3 rings (SSSR count). The Morgan fingerprint density at radius 2 is 1.87 bits per heavy atom. The second kappa shape index (κ2) is 11.2. The van der Waals surface area contributed by atoms with Crippen molar-refractivity contribution in [1.82, 2.24) is 4.90 Å². The number of carbonyl (C=O) groups is 1. The molecule has 162 valence electrons. The molecule has 2 aromatic rings. The SMILES string of the molecule is CCCCOCc1cc(C(=O)N2CCN(c3cccc(Cl)c3)CC2)ccc1OCC. The first-order chi connectivity index (χ1) is 14.6. The Bertz CT molecular complexity index is 835. The lowest BCUT2D eigenvalue weighted by Crippen LogP contribution is -2.48. The molecule has 0 spiro atoms. The zero-order valence-electron chi connectivity index (χ0n) is 17.9. The van der Waals surface area contributed by atoms with Crippen LogP contribution in [-0.4, -0.2) is 50.2 Å². The molecule has 0 saturated carbocycles. The molecule has 6 heteroatoms. The molecule has 1 aliphatic heterocycles. The van der Waals surface area contributed by atoms with Crippen molar-refractivity contribution in [2.24, 2.45) is 0 Å². The highest BCUT2D eigenvalue weighted by Gasteiger charge is 2.23. The minimum Gasteiger partial charge on any atom is -0.494 e. The van der Waals surface area contributed by atoms with Crippen LogP contribution in [0.25, 0.3) is 0 Å². The fraction of sp³-hybridized carbons (Fsp3) is 0.458. The number of hydrogen-bond donors (Lipinski definition) is 0. The maximum atomic E-state index is 13.1. The largest absolute Gasteiger partial charge is 0.494 e. The van der Waals surface area contributed by atoms with E-state index in [4.69, 9.17) is 21.1 Å². The van der Waals surface area contributed by atoms with Gasteiger partial charge in [0.25, 0.3) is 5.91 Å². The fourth-order valence-corrected chi connectivity index (χ4v) is 3.76. The molecule has 2 aromatic carbocycles. The number of benzene rings is 2. The molecule has 0 aromatic heterocycles. The van der Waals surface area contributed by atoms with Gasteiger partial charge in [0.05, 0.1) is 13.2 Å². The molecule has 1 saturated heterocycles. The average molecular weight is 431 g/mol. The minimum absolute atomic E-state index is 0.0543. The molecule has 0 unspecified atom stereocenters. The molecule has 0 N–H and O–H groups in total. The third-order valence-electron chi connectivity index (χ3n) is 5.25. The van der Waals surface area contributed by atoms with E-state index in [1.54, 1.807) is 0 Å². The Morgan fingerprint density at radius 1 is 1.07 bits per heavy atom. The van der Waals surface area contributed by atoms with Crippen molar-refractivity contribution in [3.8, 4) is 5.75 Å². The fourth-order valence-electron chi connectivity index (χ4n) is 3.57. The van der Waals surface area contributed by atoms with Crippen LogP contribution in [-0.2, 0) is 11.3 Å². The van der Waals surface area contributed by atoms with Crippen LogP contribution in [0, 0.1) is 0 Å². The maximum absolute atomic E-state index is 13.1. The summed E-state index contributed by atoms with van der Waals surface area (Å²) in [6.45, 7) is 8.79. The molecular formula is C24H31ClN2O3. The monoisotopic (exact) mass is 430 g/mol. The van der Waals surface area contributed by atoms with Gasteiger partial charge in [-0.15, -0.1) is 0 Å². The van der Waals surface area contributed by atoms with Gasteiger partial charge < -0.3 is 19.3 Å². The molecule has 1 fully saturated rings. The molecule has 0 atom stereocenters. The van der Waals surface area contributed by atoms with E-state index in [1.807, 2.05) is 48.2 Å². The van der Waals surface area contributed by atoms with E-state index in [0.717, 1.165) is 48.0 Å². The quantitative estimate of drug-likeness (QED) is 0.524. The van der Waals surface area contributed by atoms with Crippen LogP contribution in [0.1, 0.15) is 42.6 Å². The first-order valence-corrected chi connectivity index (χ1v) is 11.1. The van der Waals surface area contributed by atoms with Gasteiger partial charge in [0, 0.05) is 54.6 Å². The number of carbonyl (C=O) groups excluding carboxylic acids is 1. The molecule has 5 nitrogen and oxygen atoms in total. The van der Waals surface area contributed by atoms with Gasteiger partial charge in [-0.3, -0.25) is 4.79 Å². The second-order valence-corrected chi connectivity index (χ2v) is 7.86. The number of halogens is 1. The molecule has 30 heavy (non-hydrogen) atoms. The predicted octanol–water partition coefficient (Wildman–Crippen LogP) is 5.02. The van der Waals surface area contributed by atoms with Crippen LogP contribution in [0.3, 0.4) is 0 Å². The van der Waals surface area contributed by atoms with Crippen LogP contribution in [0.2, 0.25) is 5.02 Å². The van der Waals surface area contributed by atoms with Gasteiger partial charge >= 0.3 is 0 Å². The van der Waals surface area contributed by atoms with E-state index < -0.39 is 0 Å². The van der Waals surface area contributed by atoms with Gasteiger partial charge in [-0.2, -0.15) is 0 Å². The van der Waals surface area contributed by atoms with Crippen molar-refractivity contribution in [3.05, 3.63) is 58.6 Å². The summed E-state index contributed by atoms with van der Waals surface area (Å²) in [6.07, 6.45) is 2.12. The summed E-state index contributed by atoms with van der Waals surface area (Å²) in [6, 6.07) is 13.5. The number of anilines is 1. The van der Waals surface area contributed by atoms with E-state index >= 15 is 0 Å². The Hall–Kier alpha value is -2.24. The first-order valence-electron chi connectivity index (χ1n) is 10.8. The Morgan fingerprint density at radius 3 is 2.57 bits per heavy atom. The van der Waals surface area contributed by atoms with Crippen LogP contribution in [0.4, 0.5) is 5.69 Å². The zero-order valence-corrected chi connectivity index (χ0v) is 18.7. The number of hydrogen-bond acceptors (Lipinski definition) is 4. The Balaban J connectivity index is 1.64. The summed E-state index contributed by atoms with van der Waals surface area (Å²) in [5.41, 5.74) is 2.71. The molecule has 0 aliphatic carbocycles. The first kappa shape index (κ1) is 22.4. The third-order valence-corrected chi connectivity index (χ3v) is 5.48. The maximum Gasteiger partial charge on any atom is 0.253 e. The Labute approximate surface area is 184 Å². The Kier molecular flexibility index (Phi) is 8.40. The number of amides is 1. The summed E-state index contributed by atoms with van der Waals surface area (Å²) >= 11 is 6.12. The molecule has 1 amide bonds. The predicted molar refractivity (Wildman–Crippen MR) is 122 cm³/mol. The minimum atomic E-state index is 0.0543. The van der Waals surface area contributed by atoms with Crippen LogP contribution in [0.15, 0.2) is 42.5 Å². The summed E-state index contributed by atoms with van der Waals surface area (Å²) in [7, 11) is 0. The zero-order chi connectivity index (χ0) is 21.3. The van der Waals surface area contributed by atoms with Gasteiger partial charge in [-0.05, 0) is 49.7 Å². The molecule has 0 bridgehead atoms. The van der Waals surface area contributed by atoms with E-state index in [9.17, 15) is 4.79 Å². The summed E-state index contributed by atoms with van der Waals surface area (Å²) in [4.78, 5) is 17.3. The number of piperazine rings is 1. The van der Waals surface area contributed by atoms with Crippen LogP contribution < -0.4 is 9.64 Å². The number of rotatable bonds is 9. The van der Waals surface area contributed by atoms with E-state index in [0.29, 0.717) is 38.5 Å². The standard InChI is InChI=1S/C24H31ClN2O3/c1-3-5-15-29-18-20-16-19(9-10-23(20)30-4-2)24(28)27-13-11-26(12-14-27)22-8-6-7-21(25)17-22/h6-10,16-17H,3-5,11-15,18H2,1-2H3. The van der Waals surface area contributed by atoms with E-state index in [-0.39, 0.29) is 5.91 Å². The number of unbranched alkanes of at least 4 members (excludes halogenated alkanes) is 1. The van der Waals surface area contributed by atoms with Gasteiger partial charge in [0.2, 0.25) is 0 Å². The van der Waals surface area contributed by atoms with Crippen LogP contribution in [0.5, 0.6) is 5.75 Å². The van der Waals surface area contributed by atoms with Gasteiger partial charge in [-0.1, -0.05) is 31.0 Å². The number of ether oxygens (including phenoxy) is 2. The number of nitrogens with zero attached hydrogens (tertiary/aromatic N) is 2. The highest BCUT2D eigenvalue weighted by molar-refractivity contribution is 6.30. The molecule has 1 aliphatic rings. The molecule has 0 radical (unpaired) electrons. The van der Waals surface area contributed by atoms with Crippen molar-refractivity contribution in [1.29, 1.82) is 0 Å². The lowest BCUT2D eigenvalue weighted by Gasteiger charge is -2.36. The third kappa shape index (κ3) is 5.89. The molecular weight excluding hydrogens is 400 g/mol. The summed E-state index contributed by atoms with van der Waals surface area (Å²) in [5.74, 6) is 0.843. The second-order valence-electron chi connectivity index (χ2n) is 7.42. The van der Waals surface area contributed by atoms with Crippen molar-refractivity contribution in [2.45, 2.75) is 33.3 Å². The van der Waals surface area contributed by atoms with Gasteiger partial charge in [-0.25, -0.2) is 0 Å². The smallest absolute Gasteiger partial charge is 0.253 e. The summed E-state index contributed by atoms with van der Waals surface area (Å²) < 4.78 is 11.5. The van der Waals surface area contributed by atoms with Gasteiger partial charge in [0.15, 0.2) is 0 Å². The van der Waals surface area contributed by atoms with Crippen molar-refractivity contribution in [2.75, 3.05) is 44.3 Å². The lowest BCUT2D eigenvalue weighted by atomic mass is 10.1.